The number of nitrogen functional groups attached to an aromatic ring is 1. The van der Waals surface area contributed by atoms with Crippen molar-refractivity contribution in [2.75, 3.05) is 42.1 Å². The van der Waals surface area contributed by atoms with Gasteiger partial charge in [-0.25, -0.2) is 19.7 Å². The van der Waals surface area contributed by atoms with Gasteiger partial charge in [0.1, 0.15) is 5.52 Å². The standard InChI is InChI=1S/C18H19N9O2S/c1-25-12-5-3-2-4-11(12)21-17(25)24-18(28)29-27-8-6-26(7-9-27)14-13-15(30-10-20-13)23-16(19)22-14/h2-5,10H,6-9H2,1H3,(H2,19,22,23)(H,21,24,28). The highest BCUT2D eigenvalue weighted by Crippen LogP contribution is 2.27. The second kappa shape index (κ2) is 7.39. The number of aromatic nitrogens is 5. The maximum atomic E-state index is 12.4. The second-order valence-corrected chi connectivity index (χ2v) is 7.65. The molecule has 0 atom stereocenters. The number of thiazole rings is 1. The molecule has 4 heterocycles. The van der Waals surface area contributed by atoms with Crippen LogP contribution >= 0.6 is 11.3 Å². The number of piperazine rings is 1. The van der Waals surface area contributed by atoms with E-state index in [1.807, 2.05) is 35.9 Å². The average molecular weight is 425 g/mol. The SMILES string of the molecule is Cn1c(NC(=O)ON2CCN(c3nc(N)nc4scnc34)CC2)nc2ccccc21. The van der Waals surface area contributed by atoms with Crippen molar-refractivity contribution in [1.29, 1.82) is 0 Å². The molecule has 0 radical (unpaired) electrons. The van der Waals surface area contributed by atoms with Crippen LogP contribution in [0.2, 0.25) is 0 Å². The van der Waals surface area contributed by atoms with E-state index in [1.165, 1.54) is 11.3 Å². The Hall–Kier alpha value is -3.51. The number of nitrogens with two attached hydrogens (primary N) is 1. The van der Waals surface area contributed by atoms with Crippen LogP contribution in [0, 0.1) is 0 Å². The molecular weight excluding hydrogens is 406 g/mol. The molecule has 3 N–H and O–H groups in total. The Kier molecular flexibility index (Phi) is 4.56. The lowest BCUT2D eigenvalue weighted by Crippen LogP contribution is -2.47. The molecule has 12 heteroatoms. The fourth-order valence-electron chi connectivity index (χ4n) is 3.46. The number of anilines is 3. The van der Waals surface area contributed by atoms with Gasteiger partial charge in [-0.1, -0.05) is 12.1 Å². The van der Waals surface area contributed by atoms with Crippen molar-refractivity contribution < 1.29 is 9.63 Å². The summed E-state index contributed by atoms with van der Waals surface area (Å²) in [5.41, 5.74) is 10.0. The summed E-state index contributed by atoms with van der Waals surface area (Å²) in [6, 6.07) is 7.67. The minimum absolute atomic E-state index is 0.224. The molecule has 0 bridgehead atoms. The van der Waals surface area contributed by atoms with Crippen LogP contribution in [0.1, 0.15) is 0 Å². The number of rotatable bonds is 3. The van der Waals surface area contributed by atoms with Gasteiger partial charge in [0, 0.05) is 20.1 Å². The summed E-state index contributed by atoms with van der Waals surface area (Å²) < 4.78 is 1.81. The third-order valence-electron chi connectivity index (χ3n) is 4.95. The highest BCUT2D eigenvalue weighted by atomic mass is 32.1. The minimum Gasteiger partial charge on any atom is -0.368 e. The molecular formula is C18H19N9O2S. The molecule has 4 aromatic rings. The van der Waals surface area contributed by atoms with Gasteiger partial charge in [0.05, 0.1) is 29.6 Å². The summed E-state index contributed by atoms with van der Waals surface area (Å²) in [6.07, 6.45) is -0.574. The van der Waals surface area contributed by atoms with Gasteiger partial charge in [-0.2, -0.15) is 4.98 Å². The first-order valence-electron chi connectivity index (χ1n) is 9.35. The van der Waals surface area contributed by atoms with Crippen LogP contribution in [0.4, 0.5) is 22.5 Å². The lowest BCUT2D eigenvalue weighted by Gasteiger charge is -2.33. The fraction of sp³-hybridized carbons (Fsp3) is 0.278. The van der Waals surface area contributed by atoms with Crippen molar-refractivity contribution in [2.24, 2.45) is 7.05 Å². The molecule has 1 fully saturated rings. The van der Waals surface area contributed by atoms with E-state index in [0.29, 0.717) is 37.9 Å². The van der Waals surface area contributed by atoms with Crippen molar-refractivity contribution in [3.05, 3.63) is 29.8 Å². The van der Waals surface area contributed by atoms with E-state index < -0.39 is 6.09 Å². The normalized spacial score (nSPS) is 15.0. The van der Waals surface area contributed by atoms with Crippen molar-refractivity contribution in [3.63, 3.8) is 0 Å². The maximum absolute atomic E-state index is 12.4. The molecule has 0 unspecified atom stereocenters. The number of hydroxylamine groups is 2. The number of aryl methyl sites for hydroxylation is 1. The molecule has 11 nitrogen and oxygen atoms in total. The molecule has 0 aliphatic carbocycles. The van der Waals surface area contributed by atoms with E-state index in [1.54, 1.807) is 10.6 Å². The molecule has 1 aliphatic rings. The Balaban J connectivity index is 1.22. The molecule has 0 saturated carbocycles. The molecule has 5 rings (SSSR count). The van der Waals surface area contributed by atoms with Crippen molar-refractivity contribution in [3.8, 4) is 0 Å². The van der Waals surface area contributed by atoms with E-state index >= 15 is 0 Å². The van der Waals surface area contributed by atoms with Gasteiger partial charge in [0.2, 0.25) is 11.9 Å². The zero-order valence-electron chi connectivity index (χ0n) is 16.1. The van der Waals surface area contributed by atoms with Crippen LogP contribution in [0.5, 0.6) is 0 Å². The Labute approximate surface area is 175 Å². The molecule has 154 valence electrons. The van der Waals surface area contributed by atoms with Gasteiger partial charge in [-0.05, 0) is 12.1 Å². The minimum atomic E-state index is -0.574. The first-order chi connectivity index (χ1) is 14.6. The Morgan fingerprint density at radius 2 is 1.97 bits per heavy atom. The molecule has 1 aliphatic heterocycles. The summed E-state index contributed by atoms with van der Waals surface area (Å²) in [6.45, 7) is 2.27. The van der Waals surface area contributed by atoms with Crippen LogP contribution in [0.25, 0.3) is 21.4 Å². The molecule has 1 amide bonds. The van der Waals surface area contributed by atoms with Gasteiger partial charge in [0.25, 0.3) is 0 Å². The van der Waals surface area contributed by atoms with Crippen LogP contribution < -0.4 is 16.0 Å². The largest absolute Gasteiger partial charge is 0.433 e. The maximum Gasteiger partial charge on any atom is 0.433 e. The second-order valence-electron chi connectivity index (χ2n) is 6.81. The number of hydrogen-bond donors (Lipinski definition) is 2. The van der Waals surface area contributed by atoms with Crippen LogP contribution in [0.3, 0.4) is 0 Å². The highest BCUT2D eigenvalue weighted by molar-refractivity contribution is 7.16. The van der Waals surface area contributed by atoms with E-state index in [0.717, 1.165) is 21.4 Å². The summed E-state index contributed by atoms with van der Waals surface area (Å²) in [5.74, 6) is 1.37. The lowest BCUT2D eigenvalue weighted by atomic mass is 10.3. The number of para-hydroxylation sites is 2. The van der Waals surface area contributed by atoms with Gasteiger partial charge < -0.3 is 20.0 Å². The zero-order valence-corrected chi connectivity index (χ0v) is 17.0. The molecule has 0 spiro atoms. The number of hydrogen-bond acceptors (Lipinski definition) is 10. The first kappa shape index (κ1) is 18.5. The average Bonchev–Trinajstić information content (AvgIpc) is 3.33. The Morgan fingerprint density at radius 3 is 2.77 bits per heavy atom. The van der Waals surface area contributed by atoms with E-state index in [-0.39, 0.29) is 5.95 Å². The highest BCUT2D eigenvalue weighted by Gasteiger charge is 2.24. The number of imidazole rings is 1. The summed E-state index contributed by atoms with van der Waals surface area (Å²) in [5, 5.41) is 4.33. The van der Waals surface area contributed by atoms with E-state index in [9.17, 15) is 4.79 Å². The van der Waals surface area contributed by atoms with Gasteiger partial charge in [-0.15, -0.1) is 16.4 Å². The molecule has 30 heavy (non-hydrogen) atoms. The quantitative estimate of drug-likeness (QED) is 0.505. The number of benzene rings is 1. The third kappa shape index (κ3) is 3.35. The number of carbonyl (C=O) groups is 1. The first-order valence-corrected chi connectivity index (χ1v) is 10.2. The number of nitrogens with zero attached hydrogens (tertiary/aromatic N) is 7. The van der Waals surface area contributed by atoms with E-state index in [2.05, 4.69) is 30.2 Å². The number of amides is 1. The smallest absolute Gasteiger partial charge is 0.368 e. The van der Waals surface area contributed by atoms with Gasteiger partial charge in [0.15, 0.2) is 10.6 Å². The summed E-state index contributed by atoms with van der Waals surface area (Å²) in [7, 11) is 1.84. The summed E-state index contributed by atoms with van der Waals surface area (Å²) >= 11 is 1.43. The third-order valence-corrected chi connectivity index (χ3v) is 5.67. The topological polar surface area (TPSA) is 127 Å². The fourth-order valence-corrected chi connectivity index (χ4v) is 4.12. The van der Waals surface area contributed by atoms with Crippen LogP contribution in [0.15, 0.2) is 29.8 Å². The summed E-state index contributed by atoms with van der Waals surface area (Å²) in [4.78, 5) is 38.0. The number of nitrogens with one attached hydrogen (secondary N) is 1. The molecule has 1 aromatic carbocycles. The van der Waals surface area contributed by atoms with E-state index in [4.69, 9.17) is 10.6 Å². The monoisotopic (exact) mass is 425 g/mol. The predicted molar refractivity (Wildman–Crippen MR) is 114 cm³/mol. The van der Waals surface area contributed by atoms with Crippen molar-refractivity contribution in [2.45, 2.75) is 0 Å². The van der Waals surface area contributed by atoms with Crippen molar-refractivity contribution in [1.82, 2.24) is 29.6 Å². The van der Waals surface area contributed by atoms with Gasteiger partial charge >= 0.3 is 6.09 Å². The zero-order chi connectivity index (χ0) is 20.7. The Bertz CT molecular complexity index is 1230. The predicted octanol–water partition coefficient (Wildman–Crippen LogP) is 1.84. The lowest BCUT2D eigenvalue weighted by molar-refractivity contribution is -0.0967. The van der Waals surface area contributed by atoms with Crippen LogP contribution in [-0.2, 0) is 11.9 Å². The Morgan fingerprint density at radius 1 is 1.17 bits per heavy atom. The number of fused-ring (bicyclic) bond motifs is 2. The molecule has 1 saturated heterocycles. The van der Waals surface area contributed by atoms with Gasteiger partial charge in [-0.3, -0.25) is 5.32 Å². The van der Waals surface area contributed by atoms with Crippen molar-refractivity contribution >= 4 is 56.5 Å². The molecule has 3 aromatic heterocycles. The number of carbonyl (C=O) groups excluding carboxylic acids is 1. The van der Waals surface area contributed by atoms with Crippen LogP contribution in [-0.4, -0.2) is 61.8 Å².